The zero-order valence-corrected chi connectivity index (χ0v) is 16.3. The zero-order chi connectivity index (χ0) is 20.1. The molecule has 0 bridgehead atoms. The van der Waals surface area contributed by atoms with E-state index in [1.54, 1.807) is 50.6 Å². The number of carbonyl (C=O) groups is 2. The Morgan fingerprint density at radius 1 is 1.11 bits per heavy atom. The molecular formula is C20H20ClN3O4. The molecule has 1 aliphatic rings. The molecule has 7 nitrogen and oxygen atoms in total. The maximum absolute atomic E-state index is 12.7. The van der Waals surface area contributed by atoms with Crippen LogP contribution in [-0.4, -0.2) is 54.1 Å². The van der Waals surface area contributed by atoms with Gasteiger partial charge in [0.15, 0.2) is 0 Å². The van der Waals surface area contributed by atoms with Crippen LogP contribution in [0, 0.1) is 0 Å². The average Bonchev–Trinajstić information content (AvgIpc) is 3.21. The summed E-state index contributed by atoms with van der Waals surface area (Å²) in [7, 11) is 3.13. The van der Waals surface area contributed by atoms with E-state index in [0.29, 0.717) is 47.3 Å². The van der Waals surface area contributed by atoms with Gasteiger partial charge in [0.05, 0.1) is 19.8 Å². The highest BCUT2D eigenvalue weighted by atomic mass is 35.5. The van der Waals surface area contributed by atoms with Crippen LogP contribution in [0.3, 0.4) is 0 Å². The van der Waals surface area contributed by atoms with Gasteiger partial charge in [-0.3, -0.25) is 9.59 Å². The minimum atomic E-state index is -0.294. The fraction of sp³-hybridized carbons (Fsp3) is 0.250. The van der Waals surface area contributed by atoms with Crippen LogP contribution in [0.15, 0.2) is 42.6 Å². The second kappa shape index (κ2) is 8.75. The van der Waals surface area contributed by atoms with Gasteiger partial charge < -0.3 is 9.47 Å². The van der Waals surface area contributed by atoms with Crippen molar-refractivity contribution in [1.29, 1.82) is 0 Å². The normalized spacial score (nSPS) is 13.8. The molecule has 1 aromatic carbocycles. The number of amides is 2. The highest BCUT2D eigenvalue weighted by molar-refractivity contribution is 6.29. The maximum Gasteiger partial charge on any atom is 0.274 e. The van der Waals surface area contributed by atoms with Gasteiger partial charge in [0.1, 0.15) is 16.7 Å². The molecule has 3 rings (SSSR count). The quantitative estimate of drug-likeness (QED) is 0.568. The summed E-state index contributed by atoms with van der Waals surface area (Å²) in [5.41, 5.74) is 1.08. The number of ether oxygens (including phenoxy) is 2. The van der Waals surface area contributed by atoms with Gasteiger partial charge in [-0.05, 0) is 42.8 Å². The van der Waals surface area contributed by atoms with Crippen molar-refractivity contribution in [2.75, 3.05) is 27.3 Å². The third-order valence-corrected chi connectivity index (χ3v) is 4.56. The Morgan fingerprint density at radius 3 is 2.57 bits per heavy atom. The van der Waals surface area contributed by atoms with E-state index in [1.165, 1.54) is 22.3 Å². The van der Waals surface area contributed by atoms with E-state index in [0.717, 1.165) is 0 Å². The van der Waals surface area contributed by atoms with Crippen LogP contribution >= 0.6 is 11.6 Å². The van der Waals surface area contributed by atoms with Crippen molar-refractivity contribution in [1.82, 2.24) is 15.0 Å². The monoisotopic (exact) mass is 401 g/mol. The summed E-state index contributed by atoms with van der Waals surface area (Å²) < 4.78 is 10.5. The summed E-state index contributed by atoms with van der Waals surface area (Å²) in [6.07, 6.45) is 5.18. The fourth-order valence-corrected chi connectivity index (χ4v) is 3.03. The summed E-state index contributed by atoms with van der Waals surface area (Å²) in [6.45, 7) is 0.925. The molecule has 2 aromatic rings. The fourth-order valence-electron chi connectivity index (χ4n) is 2.92. The van der Waals surface area contributed by atoms with Crippen molar-refractivity contribution < 1.29 is 19.1 Å². The minimum absolute atomic E-state index is 0.289. The number of carbonyl (C=O) groups excluding carboxylic acids is 2. The third kappa shape index (κ3) is 4.26. The molecule has 0 atom stereocenters. The Bertz CT molecular complexity index is 899. The van der Waals surface area contributed by atoms with Gasteiger partial charge in [0.25, 0.3) is 11.8 Å². The Labute approximate surface area is 168 Å². The van der Waals surface area contributed by atoms with Crippen LogP contribution in [0.5, 0.6) is 11.5 Å². The average molecular weight is 402 g/mol. The number of hydrogen-bond donors (Lipinski definition) is 0. The van der Waals surface area contributed by atoms with Crippen molar-refractivity contribution in [3.63, 3.8) is 0 Å². The summed E-state index contributed by atoms with van der Waals surface area (Å²) in [5.74, 6) is 0.688. The highest BCUT2D eigenvalue weighted by Crippen LogP contribution is 2.25. The summed E-state index contributed by atoms with van der Waals surface area (Å²) in [4.78, 5) is 29.4. The predicted octanol–water partition coefficient (Wildman–Crippen LogP) is 3.06. The first kappa shape index (κ1) is 19.7. The van der Waals surface area contributed by atoms with E-state index in [-0.39, 0.29) is 11.8 Å². The number of nitrogens with zero attached hydrogens (tertiary/aromatic N) is 3. The molecule has 0 aliphatic carbocycles. The molecule has 1 aliphatic heterocycles. The number of halogens is 1. The number of pyridine rings is 1. The summed E-state index contributed by atoms with van der Waals surface area (Å²) in [5, 5.41) is 3.17. The van der Waals surface area contributed by atoms with Crippen molar-refractivity contribution in [2.24, 2.45) is 0 Å². The van der Waals surface area contributed by atoms with Gasteiger partial charge in [0.2, 0.25) is 0 Å². The molecule has 8 heteroatoms. The molecule has 0 radical (unpaired) electrons. The first-order valence-electron chi connectivity index (χ1n) is 8.68. The molecule has 0 saturated carbocycles. The van der Waals surface area contributed by atoms with Crippen molar-refractivity contribution in [2.45, 2.75) is 6.42 Å². The van der Waals surface area contributed by atoms with Gasteiger partial charge in [-0.25, -0.2) is 15.0 Å². The van der Waals surface area contributed by atoms with Crippen LogP contribution in [0.25, 0.3) is 6.08 Å². The lowest BCUT2D eigenvalue weighted by atomic mass is 10.1. The number of aromatic nitrogens is 1. The minimum Gasteiger partial charge on any atom is -0.497 e. The smallest absolute Gasteiger partial charge is 0.274 e. The number of rotatable bonds is 5. The van der Waals surface area contributed by atoms with E-state index in [9.17, 15) is 9.59 Å². The van der Waals surface area contributed by atoms with Crippen LogP contribution < -0.4 is 9.47 Å². The number of hydrazine groups is 1. The SMILES string of the molecule is COc1ccc(OC)c(/C=C/C(=O)N2CCCN2C(=O)c2ccc(Cl)nc2)c1. The van der Waals surface area contributed by atoms with Gasteiger partial charge in [-0.15, -0.1) is 0 Å². The Balaban J connectivity index is 1.77. The third-order valence-electron chi connectivity index (χ3n) is 4.34. The molecule has 1 aromatic heterocycles. The molecule has 146 valence electrons. The number of hydrogen-bond acceptors (Lipinski definition) is 5. The Kier molecular flexibility index (Phi) is 6.16. The lowest BCUT2D eigenvalue weighted by Gasteiger charge is -2.26. The van der Waals surface area contributed by atoms with E-state index in [1.807, 2.05) is 0 Å². The maximum atomic E-state index is 12.7. The van der Waals surface area contributed by atoms with E-state index in [4.69, 9.17) is 21.1 Å². The second-order valence-electron chi connectivity index (χ2n) is 6.05. The van der Waals surface area contributed by atoms with Crippen molar-refractivity contribution in [3.05, 3.63) is 58.9 Å². The number of benzene rings is 1. The number of methoxy groups -OCH3 is 2. The Hall–Kier alpha value is -3.06. The van der Waals surface area contributed by atoms with Crippen molar-refractivity contribution in [3.8, 4) is 11.5 Å². The highest BCUT2D eigenvalue weighted by Gasteiger charge is 2.30. The first-order valence-corrected chi connectivity index (χ1v) is 9.06. The standard InChI is InChI=1S/C20H20ClN3O4/c1-27-16-6-7-17(28-2)14(12-16)5-9-19(25)23-10-3-11-24(23)20(26)15-4-8-18(21)22-13-15/h4-9,12-13H,3,10-11H2,1-2H3/b9-5+. The van der Waals surface area contributed by atoms with Gasteiger partial charge in [-0.1, -0.05) is 11.6 Å². The molecule has 2 heterocycles. The molecule has 28 heavy (non-hydrogen) atoms. The topological polar surface area (TPSA) is 72.0 Å². The molecule has 0 spiro atoms. The molecule has 1 saturated heterocycles. The van der Waals surface area contributed by atoms with Crippen LogP contribution in [0.2, 0.25) is 5.15 Å². The van der Waals surface area contributed by atoms with Crippen LogP contribution in [0.4, 0.5) is 0 Å². The molecule has 0 N–H and O–H groups in total. The lowest BCUT2D eigenvalue weighted by molar-refractivity contribution is -0.134. The van der Waals surface area contributed by atoms with E-state index in [2.05, 4.69) is 4.98 Å². The summed E-state index contributed by atoms with van der Waals surface area (Å²) in [6, 6.07) is 8.46. The molecule has 1 fully saturated rings. The Morgan fingerprint density at radius 2 is 1.89 bits per heavy atom. The largest absolute Gasteiger partial charge is 0.497 e. The zero-order valence-electron chi connectivity index (χ0n) is 15.6. The second-order valence-corrected chi connectivity index (χ2v) is 6.44. The molecular weight excluding hydrogens is 382 g/mol. The molecule has 0 unspecified atom stereocenters. The van der Waals surface area contributed by atoms with Crippen LogP contribution in [-0.2, 0) is 4.79 Å². The van der Waals surface area contributed by atoms with E-state index < -0.39 is 0 Å². The predicted molar refractivity (Wildman–Crippen MR) is 105 cm³/mol. The van der Waals surface area contributed by atoms with Gasteiger partial charge in [0, 0.05) is 30.9 Å². The lowest BCUT2D eigenvalue weighted by Crippen LogP contribution is -2.44. The van der Waals surface area contributed by atoms with E-state index >= 15 is 0 Å². The van der Waals surface area contributed by atoms with Crippen LogP contribution in [0.1, 0.15) is 22.3 Å². The van der Waals surface area contributed by atoms with Gasteiger partial charge in [-0.2, -0.15) is 0 Å². The molecule has 2 amide bonds. The summed E-state index contributed by atoms with van der Waals surface area (Å²) >= 11 is 5.77. The van der Waals surface area contributed by atoms with Crippen molar-refractivity contribution >= 4 is 29.5 Å². The van der Waals surface area contributed by atoms with Gasteiger partial charge >= 0.3 is 0 Å². The first-order chi connectivity index (χ1) is 13.5.